The van der Waals surface area contributed by atoms with Crippen LogP contribution < -0.4 is 9.47 Å². The second kappa shape index (κ2) is 8.50. The van der Waals surface area contributed by atoms with Gasteiger partial charge in [0.2, 0.25) is 0 Å². The van der Waals surface area contributed by atoms with Crippen molar-refractivity contribution in [1.82, 2.24) is 9.97 Å². The Balaban J connectivity index is 1.74. The number of nitrogens with zero attached hydrogens (tertiary/aromatic N) is 2. The third kappa shape index (κ3) is 4.73. The molecule has 2 aromatic heterocycles. The van der Waals surface area contributed by atoms with Crippen LogP contribution in [0.15, 0.2) is 54.1 Å². The summed E-state index contributed by atoms with van der Waals surface area (Å²) in [6.45, 7) is -2.97. The van der Waals surface area contributed by atoms with Crippen molar-refractivity contribution in [2.75, 3.05) is 7.11 Å². The van der Waals surface area contributed by atoms with E-state index >= 15 is 0 Å². The minimum Gasteiger partial charge on any atom is -0.493 e. The molecule has 3 rings (SSSR count). The molecule has 0 aliphatic carbocycles. The van der Waals surface area contributed by atoms with Crippen LogP contribution in [0.5, 0.6) is 11.5 Å². The Morgan fingerprint density at radius 2 is 2.07 bits per heavy atom. The van der Waals surface area contributed by atoms with Gasteiger partial charge < -0.3 is 9.47 Å². The molecule has 0 saturated carbocycles. The molecule has 3 aromatic rings. The number of benzene rings is 1. The molecule has 27 heavy (non-hydrogen) atoms. The number of rotatable bonds is 7. The molecule has 0 aliphatic heterocycles. The second-order valence-corrected chi connectivity index (χ2v) is 6.09. The quantitative estimate of drug-likeness (QED) is 0.433. The Hall–Kier alpha value is -3.13. The summed E-state index contributed by atoms with van der Waals surface area (Å²) >= 11 is 1.42. The number of allylic oxidation sites excluding steroid dienone is 1. The van der Waals surface area contributed by atoms with E-state index < -0.39 is 6.61 Å². The molecule has 0 aliphatic rings. The van der Waals surface area contributed by atoms with Crippen LogP contribution in [-0.2, 0) is 0 Å². The number of hydrogen-bond donors (Lipinski definition) is 0. The van der Waals surface area contributed by atoms with Gasteiger partial charge in [0, 0.05) is 17.1 Å². The van der Waals surface area contributed by atoms with Crippen molar-refractivity contribution in [3.63, 3.8) is 0 Å². The first-order chi connectivity index (χ1) is 13.1. The number of thiazole rings is 1. The summed E-state index contributed by atoms with van der Waals surface area (Å²) in [5, 5.41) is 2.56. The van der Waals surface area contributed by atoms with Gasteiger partial charge in [-0.3, -0.25) is 9.78 Å². The molecular formula is C19H14F2N2O3S. The fourth-order valence-corrected chi connectivity index (χ4v) is 3.00. The maximum Gasteiger partial charge on any atom is 0.387 e. The summed E-state index contributed by atoms with van der Waals surface area (Å²) < 4.78 is 34.1. The van der Waals surface area contributed by atoms with Crippen molar-refractivity contribution in [1.29, 1.82) is 0 Å². The molecule has 0 atom stereocenters. The molecular weight excluding hydrogens is 374 g/mol. The Kier molecular flexibility index (Phi) is 5.87. The molecule has 1 aromatic carbocycles. The molecule has 0 spiro atoms. The van der Waals surface area contributed by atoms with Gasteiger partial charge in [-0.25, -0.2) is 4.98 Å². The maximum absolute atomic E-state index is 12.4. The smallest absolute Gasteiger partial charge is 0.387 e. The number of halogens is 2. The summed E-state index contributed by atoms with van der Waals surface area (Å²) in [6.07, 6.45) is 4.63. The molecule has 5 nitrogen and oxygen atoms in total. The Morgan fingerprint density at radius 3 is 2.78 bits per heavy atom. The van der Waals surface area contributed by atoms with Crippen LogP contribution in [0.2, 0.25) is 0 Å². The van der Waals surface area contributed by atoms with Crippen molar-refractivity contribution in [3.8, 4) is 22.2 Å². The van der Waals surface area contributed by atoms with Gasteiger partial charge in [0.15, 0.2) is 17.3 Å². The summed E-state index contributed by atoms with van der Waals surface area (Å²) in [7, 11) is 1.31. The van der Waals surface area contributed by atoms with E-state index in [1.54, 1.807) is 12.3 Å². The minimum absolute atomic E-state index is 0.0562. The molecule has 0 amide bonds. The van der Waals surface area contributed by atoms with Gasteiger partial charge in [0.1, 0.15) is 5.01 Å². The minimum atomic E-state index is -2.97. The average molecular weight is 388 g/mol. The summed E-state index contributed by atoms with van der Waals surface area (Å²) in [5.41, 5.74) is 1.66. The van der Waals surface area contributed by atoms with Gasteiger partial charge in [-0.2, -0.15) is 8.78 Å². The molecule has 0 bridgehead atoms. The van der Waals surface area contributed by atoms with Crippen molar-refractivity contribution in [2.24, 2.45) is 0 Å². The SMILES string of the molecule is COc1cc(C(=O)C=Cc2csc(-c3ccccn3)n2)ccc1OC(F)F. The fraction of sp³-hybridized carbons (Fsp3) is 0.105. The van der Waals surface area contributed by atoms with Crippen LogP contribution >= 0.6 is 11.3 Å². The number of ketones is 1. The highest BCUT2D eigenvalue weighted by Crippen LogP contribution is 2.30. The average Bonchev–Trinajstić information content (AvgIpc) is 3.16. The van der Waals surface area contributed by atoms with Crippen molar-refractivity contribution < 1.29 is 23.0 Å². The van der Waals surface area contributed by atoms with E-state index in [2.05, 4.69) is 14.7 Å². The van der Waals surface area contributed by atoms with Crippen LogP contribution in [0.25, 0.3) is 16.8 Å². The highest BCUT2D eigenvalue weighted by atomic mass is 32.1. The van der Waals surface area contributed by atoms with E-state index in [0.717, 1.165) is 10.7 Å². The lowest BCUT2D eigenvalue weighted by molar-refractivity contribution is -0.0512. The van der Waals surface area contributed by atoms with Gasteiger partial charge >= 0.3 is 6.61 Å². The summed E-state index contributed by atoms with van der Waals surface area (Å²) in [6, 6.07) is 9.57. The number of aromatic nitrogens is 2. The lowest BCUT2D eigenvalue weighted by Gasteiger charge is -2.10. The number of methoxy groups -OCH3 is 1. The van der Waals surface area contributed by atoms with E-state index in [1.165, 1.54) is 42.7 Å². The predicted octanol–water partition coefficient (Wildman–Crippen LogP) is 4.71. The number of pyridine rings is 1. The van der Waals surface area contributed by atoms with Crippen LogP contribution in [0, 0.1) is 0 Å². The fourth-order valence-electron chi connectivity index (χ4n) is 2.24. The lowest BCUT2D eigenvalue weighted by Crippen LogP contribution is -2.04. The van der Waals surface area contributed by atoms with Crippen LogP contribution in [0.4, 0.5) is 8.78 Å². The molecule has 8 heteroatoms. The third-order valence-electron chi connectivity index (χ3n) is 3.48. The van der Waals surface area contributed by atoms with E-state index in [0.29, 0.717) is 5.69 Å². The monoisotopic (exact) mass is 388 g/mol. The Morgan fingerprint density at radius 1 is 1.22 bits per heavy atom. The van der Waals surface area contributed by atoms with Gasteiger partial charge in [-0.1, -0.05) is 6.07 Å². The standard InChI is InChI=1S/C19H14F2N2O3S/c1-25-17-10-12(5-8-16(17)26-19(20)21)15(24)7-6-13-11-27-18(23-13)14-4-2-3-9-22-14/h2-11,19H,1H3. The molecule has 0 radical (unpaired) electrons. The van der Waals surface area contributed by atoms with Crippen LogP contribution in [0.3, 0.4) is 0 Å². The number of carbonyl (C=O) groups is 1. The van der Waals surface area contributed by atoms with Crippen molar-refractivity contribution in [2.45, 2.75) is 6.61 Å². The molecule has 0 N–H and O–H groups in total. The van der Waals surface area contributed by atoms with E-state index in [1.807, 2.05) is 23.6 Å². The molecule has 0 unspecified atom stereocenters. The highest BCUT2D eigenvalue weighted by molar-refractivity contribution is 7.13. The van der Waals surface area contributed by atoms with Gasteiger partial charge in [-0.05, 0) is 42.5 Å². The van der Waals surface area contributed by atoms with Crippen molar-refractivity contribution in [3.05, 3.63) is 65.3 Å². The van der Waals surface area contributed by atoms with Gasteiger partial charge in [-0.15, -0.1) is 11.3 Å². The number of hydrogen-bond acceptors (Lipinski definition) is 6. The topological polar surface area (TPSA) is 61.3 Å². The van der Waals surface area contributed by atoms with Crippen LogP contribution in [0.1, 0.15) is 16.1 Å². The first-order valence-electron chi connectivity index (χ1n) is 7.79. The van der Waals surface area contributed by atoms with Gasteiger partial charge in [0.25, 0.3) is 0 Å². The summed E-state index contributed by atoms with van der Waals surface area (Å²) in [4.78, 5) is 21.0. The Labute approximate surface area is 157 Å². The molecule has 138 valence electrons. The zero-order valence-corrected chi connectivity index (χ0v) is 15.0. The normalized spacial score (nSPS) is 11.1. The zero-order chi connectivity index (χ0) is 19.2. The lowest BCUT2D eigenvalue weighted by atomic mass is 10.1. The first-order valence-corrected chi connectivity index (χ1v) is 8.67. The molecule has 0 fully saturated rings. The second-order valence-electron chi connectivity index (χ2n) is 5.23. The van der Waals surface area contributed by atoms with Gasteiger partial charge in [0.05, 0.1) is 18.5 Å². The van der Waals surface area contributed by atoms with E-state index in [-0.39, 0.29) is 22.8 Å². The molecule has 0 saturated heterocycles. The Bertz CT molecular complexity index is 959. The van der Waals surface area contributed by atoms with Crippen molar-refractivity contribution >= 4 is 23.2 Å². The first kappa shape index (κ1) is 18.7. The van der Waals surface area contributed by atoms with E-state index in [4.69, 9.17) is 4.74 Å². The highest BCUT2D eigenvalue weighted by Gasteiger charge is 2.13. The van der Waals surface area contributed by atoms with E-state index in [9.17, 15) is 13.6 Å². The largest absolute Gasteiger partial charge is 0.493 e. The third-order valence-corrected chi connectivity index (χ3v) is 4.36. The number of alkyl halides is 2. The zero-order valence-electron chi connectivity index (χ0n) is 14.1. The summed E-state index contributed by atoms with van der Waals surface area (Å²) in [5.74, 6) is -0.391. The number of carbonyl (C=O) groups excluding carboxylic acids is 1. The maximum atomic E-state index is 12.4. The van der Waals surface area contributed by atoms with Crippen LogP contribution in [-0.4, -0.2) is 29.5 Å². The predicted molar refractivity (Wildman–Crippen MR) is 98.3 cm³/mol. The number of ether oxygens (including phenoxy) is 2. The molecule has 2 heterocycles.